The molecule has 1 aromatic heterocycles. The molecular formula is C11H13N5O2. The molecule has 1 atom stereocenters. The van der Waals surface area contributed by atoms with Crippen molar-refractivity contribution in [3.05, 3.63) is 27.9 Å². The Morgan fingerprint density at radius 3 is 3.06 bits per heavy atom. The zero-order valence-corrected chi connectivity index (χ0v) is 9.74. The van der Waals surface area contributed by atoms with Crippen molar-refractivity contribution >= 4 is 11.5 Å². The van der Waals surface area contributed by atoms with E-state index in [1.807, 2.05) is 11.0 Å². The highest BCUT2D eigenvalue weighted by atomic mass is 16.6. The van der Waals surface area contributed by atoms with Gasteiger partial charge in [0.25, 0.3) is 0 Å². The van der Waals surface area contributed by atoms with Crippen LogP contribution in [0.3, 0.4) is 0 Å². The number of piperidine rings is 1. The number of nitriles is 1. The summed E-state index contributed by atoms with van der Waals surface area (Å²) < 4.78 is 0. The maximum absolute atomic E-state index is 11.0. The van der Waals surface area contributed by atoms with Gasteiger partial charge in [-0.15, -0.1) is 0 Å². The molecular weight excluding hydrogens is 234 g/mol. The van der Waals surface area contributed by atoms with E-state index in [1.54, 1.807) is 0 Å². The molecule has 0 amide bonds. The van der Waals surface area contributed by atoms with Crippen molar-refractivity contribution in [1.29, 1.82) is 5.26 Å². The maximum Gasteiger partial charge on any atom is 0.312 e. The lowest BCUT2D eigenvalue weighted by atomic mass is 10.1. The van der Waals surface area contributed by atoms with Gasteiger partial charge in [-0.05, 0) is 12.8 Å². The number of nitrogens with two attached hydrogens (primary N) is 1. The van der Waals surface area contributed by atoms with Gasteiger partial charge in [-0.1, -0.05) is 0 Å². The zero-order valence-electron chi connectivity index (χ0n) is 9.74. The molecule has 94 valence electrons. The Morgan fingerprint density at radius 2 is 2.44 bits per heavy atom. The van der Waals surface area contributed by atoms with Crippen molar-refractivity contribution in [1.82, 2.24) is 4.98 Å². The van der Waals surface area contributed by atoms with Crippen LogP contribution in [0.2, 0.25) is 0 Å². The highest BCUT2D eigenvalue weighted by Crippen LogP contribution is 2.28. The second-order valence-corrected chi connectivity index (χ2v) is 4.28. The quantitative estimate of drug-likeness (QED) is 0.611. The fraction of sp³-hybridized carbons (Fsp3) is 0.455. The molecule has 2 rings (SSSR count). The van der Waals surface area contributed by atoms with Gasteiger partial charge >= 0.3 is 5.69 Å². The molecule has 0 aliphatic carbocycles. The van der Waals surface area contributed by atoms with E-state index in [1.165, 1.54) is 12.3 Å². The number of aromatic nitrogens is 1. The van der Waals surface area contributed by atoms with Crippen LogP contribution in [0.25, 0.3) is 0 Å². The average Bonchev–Trinajstić information content (AvgIpc) is 2.38. The lowest BCUT2D eigenvalue weighted by molar-refractivity contribution is -0.384. The second kappa shape index (κ2) is 4.98. The highest BCUT2D eigenvalue weighted by Gasteiger charge is 2.25. The molecule has 0 radical (unpaired) electrons. The van der Waals surface area contributed by atoms with Gasteiger partial charge in [-0.2, -0.15) is 5.26 Å². The Morgan fingerprint density at radius 1 is 1.67 bits per heavy atom. The molecule has 0 saturated carbocycles. The molecule has 1 aromatic rings. The summed E-state index contributed by atoms with van der Waals surface area (Å²) in [5.74, 6) is 0.300. The summed E-state index contributed by atoms with van der Waals surface area (Å²) in [5.41, 5.74) is 5.90. The van der Waals surface area contributed by atoms with Gasteiger partial charge in [0.1, 0.15) is 6.07 Å². The smallest absolute Gasteiger partial charge is 0.312 e. The summed E-state index contributed by atoms with van der Waals surface area (Å²) in [6.45, 7) is 1.26. The van der Waals surface area contributed by atoms with Crippen molar-refractivity contribution in [3.8, 4) is 6.07 Å². The largest absolute Gasteiger partial charge is 0.349 e. The van der Waals surface area contributed by atoms with E-state index in [2.05, 4.69) is 4.98 Å². The number of nitrogens with zero attached hydrogens (tertiary/aromatic N) is 4. The van der Waals surface area contributed by atoms with Crippen molar-refractivity contribution < 1.29 is 4.92 Å². The summed E-state index contributed by atoms with van der Waals surface area (Å²) >= 11 is 0. The second-order valence-electron chi connectivity index (χ2n) is 4.28. The molecule has 0 aromatic carbocycles. The van der Waals surface area contributed by atoms with E-state index >= 15 is 0 Å². The van der Waals surface area contributed by atoms with Crippen molar-refractivity contribution in [3.63, 3.8) is 0 Å². The highest BCUT2D eigenvalue weighted by molar-refractivity contribution is 5.60. The van der Waals surface area contributed by atoms with Crippen LogP contribution in [-0.2, 0) is 0 Å². The third-order valence-corrected chi connectivity index (χ3v) is 2.93. The topological polar surface area (TPSA) is 109 Å². The van der Waals surface area contributed by atoms with E-state index in [0.717, 1.165) is 12.8 Å². The Hall–Kier alpha value is -2.20. The number of hydrogen-bond donors (Lipinski definition) is 1. The van der Waals surface area contributed by atoms with Gasteiger partial charge in [0.05, 0.1) is 10.5 Å². The minimum Gasteiger partial charge on any atom is -0.349 e. The van der Waals surface area contributed by atoms with Gasteiger partial charge < -0.3 is 10.6 Å². The molecule has 7 nitrogen and oxygen atoms in total. The molecule has 1 fully saturated rings. The predicted molar refractivity (Wildman–Crippen MR) is 65.0 cm³/mol. The first-order valence-electron chi connectivity index (χ1n) is 5.67. The SMILES string of the molecule is N#Cc1cnc(N2CCCC(N)C2)c([N+](=O)[O-])c1. The molecule has 1 saturated heterocycles. The van der Waals surface area contributed by atoms with Crippen LogP contribution in [0.15, 0.2) is 12.3 Å². The molecule has 1 aliphatic heterocycles. The third-order valence-electron chi connectivity index (χ3n) is 2.93. The number of nitro groups is 1. The standard InChI is InChI=1S/C11H13N5O2/c12-5-8-4-10(16(17)18)11(14-6-8)15-3-1-2-9(13)7-15/h4,6,9H,1-3,7,13H2. The predicted octanol–water partition coefficient (Wildman–Crippen LogP) is 0.789. The van der Waals surface area contributed by atoms with E-state index in [9.17, 15) is 10.1 Å². The van der Waals surface area contributed by atoms with E-state index in [4.69, 9.17) is 11.0 Å². The molecule has 2 heterocycles. The van der Waals surface area contributed by atoms with E-state index in [-0.39, 0.29) is 17.3 Å². The first-order chi connectivity index (χ1) is 8.61. The van der Waals surface area contributed by atoms with Crippen LogP contribution in [-0.4, -0.2) is 29.0 Å². The summed E-state index contributed by atoms with van der Waals surface area (Å²) in [6.07, 6.45) is 3.16. The zero-order chi connectivity index (χ0) is 13.1. The van der Waals surface area contributed by atoms with E-state index < -0.39 is 4.92 Å². The number of pyridine rings is 1. The number of rotatable bonds is 2. The summed E-state index contributed by atoms with van der Waals surface area (Å²) in [7, 11) is 0. The van der Waals surface area contributed by atoms with Crippen molar-refractivity contribution in [2.24, 2.45) is 5.73 Å². The van der Waals surface area contributed by atoms with Gasteiger partial charge in [0.2, 0.25) is 5.82 Å². The lowest BCUT2D eigenvalue weighted by Gasteiger charge is -2.31. The normalized spacial score (nSPS) is 19.3. The van der Waals surface area contributed by atoms with Gasteiger partial charge in [-0.3, -0.25) is 10.1 Å². The van der Waals surface area contributed by atoms with Crippen LogP contribution in [0.4, 0.5) is 11.5 Å². The minimum absolute atomic E-state index is 0.01000. The van der Waals surface area contributed by atoms with Gasteiger partial charge in [0, 0.05) is 31.4 Å². The van der Waals surface area contributed by atoms with Crippen LogP contribution >= 0.6 is 0 Å². The van der Waals surface area contributed by atoms with Gasteiger partial charge in [0.15, 0.2) is 0 Å². The Bertz CT molecular complexity index is 511. The molecule has 0 spiro atoms. The maximum atomic E-state index is 11.0. The summed E-state index contributed by atoms with van der Waals surface area (Å²) in [6, 6.07) is 3.11. The van der Waals surface area contributed by atoms with Gasteiger partial charge in [-0.25, -0.2) is 4.98 Å². The average molecular weight is 247 g/mol. The van der Waals surface area contributed by atoms with Crippen LogP contribution in [0.1, 0.15) is 18.4 Å². The molecule has 1 aliphatic rings. The monoisotopic (exact) mass is 247 g/mol. The lowest BCUT2D eigenvalue weighted by Crippen LogP contribution is -2.43. The molecule has 0 bridgehead atoms. The Balaban J connectivity index is 2.37. The molecule has 7 heteroatoms. The molecule has 2 N–H and O–H groups in total. The number of hydrogen-bond acceptors (Lipinski definition) is 6. The first-order valence-corrected chi connectivity index (χ1v) is 5.67. The minimum atomic E-state index is -0.511. The fourth-order valence-corrected chi connectivity index (χ4v) is 2.09. The Kier molecular flexibility index (Phi) is 3.39. The fourth-order valence-electron chi connectivity index (χ4n) is 2.09. The summed E-state index contributed by atoms with van der Waals surface area (Å²) in [4.78, 5) is 16.3. The molecule has 1 unspecified atom stereocenters. The van der Waals surface area contributed by atoms with Crippen LogP contribution in [0.5, 0.6) is 0 Å². The number of anilines is 1. The first kappa shape index (κ1) is 12.3. The van der Waals surface area contributed by atoms with Crippen LogP contribution in [0, 0.1) is 21.4 Å². The summed E-state index contributed by atoms with van der Waals surface area (Å²) in [5, 5.41) is 19.8. The van der Waals surface area contributed by atoms with Crippen molar-refractivity contribution in [2.45, 2.75) is 18.9 Å². The Labute approximate surface area is 104 Å². The molecule has 18 heavy (non-hydrogen) atoms. The van der Waals surface area contributed by atoms with E-state index in [0.29, 0.717) is 18.9 Å². The van der Waals surface area contributed by atoms with Crippen LogP contribution < -0.4 is 10.6 Å². The third kappa shape index (κ3) is 2.38. The van der Waals surface area contributed by atoms with Crippen molar-refractivity contribution in [2.75, 3.05) is 18.0 Å².